The van der Waals surface area contributed by atoms with Gasteiger partial charge in [0.25, 0.3) is 0 Å². The molecule has 0 aromatic rings. The van der Waals surface area contributed by atoms with E-state index in [-0.39, 0.29) is 35.1 Å². The fourth-order valence-electron chi connectivity index (χ4n) is 4.67. The molecule has 0 aromatic carbocycles. The lowest BCUT2D eigenvalue weighted by molar-refractivity contribution is -0.180. The Morgan fingerprint density at radius 2 is 1.65 bits per heavy atom. The molecule has 2 atom stereocenters. The monoisotopic (exact) mass is 282 g/mol. The molecule has 0 saturated heterocycles. The second-order valence-electron chi connectivity index (χ2n) is 6.85. The molecule has 0 spiro atoms. The number of esters is 2. The number of hydrogen-bond donors (Lipinski definition) is 0. The van der Waals surface area contributed by atoms with Gasteiger partial charge in [0.1, 0.15) is 0 Å². The predicted octanol–water partition coefficient (Wildman–Crippen LogP) is 2.80. The summed E-state index contributed by atoms with van der Waals surface area (Å²) in [5, 5.41) is 0. The molecule has 2 unspecified atom stereocenters. The van der Waals surface area contributed by atoms with Crippen LogP contribution in [0.5, 0.6) is 0 Å². The van der Waals surface area contributed by atoms with Crippen LogP contribution in [0.1, 0.15) is 46.0 Å². The second kappa shape index (κ2) is 5.74. The third-order valence-corrected chi connectivity index (χ3v) is 5.30. The van der Waals surface area contributed by atoms with E-state index in [0.29, 0.717) is 5.92 Å². The summed E-state index contributed by atoms with van der Waals surface area (Å²) in [6.45, 7) is 4.36. The third kappa shape index (κ3) is 2.45. The summed E-state index contributed by atoms with van der Waals surface area (Å²) in [6.07, 6.45) is 5.10. The van der Waals surface area contributed by atoms with Crippen LogP contribution in [-0.4, -0.2) is 26.2 Å². The first-order valence-electron chi connectivity index (χ1n) is 7.61. The third-order valence-electron chi connectivity index (χ3n) is 5.30. The Hall–Kier alpha value is -1.06. The van der Waals surface area contributed by atoms with Gasteiger partial charge in [-0.3, -0.25) is 9.59 Å². The number of carbonyl (C=O) groups is 2. The highest BCUT2D eigenvalue weighted by Crippen LogP contribution is 2.59. The lowest BCUT2D eigenvalue weighted by Crippen LogP contribution is -2.55. The highest BCUT2D eigenvalue weighted by Gasteiger charge is 2.59. The van der Waals surface area contributed by atoms with E-state index < -0.39 is 0 Å². The fourth-order valence-corrected chi connectivity index (χ4v) is 4.67. The predicted molar refractivity (Wildman–Crippen MR) is 74.9 cm³/mol. The molecule has 3 aliphatic carbocycles. The van der Waals surface area contributed by atoms with Crippen molar-refractivity contribution < 1.29 is 19.1 Å². The molecule has 0 radical (unpaired) electrons. The minimum atomic E-state index is -0.324. The summed E-state index contributed by atoms with van der Waals surface area (Å²) in [5.41, 5.74) is -0.0745. The van der Waals surface area contributed by atoms with E-state index in [1.54, 1.807) is 0 Å². The zero-order valence-electron chi connectivity index (χ0n) is 13.0. The van der Waals surface area contributed by atoms with Gasteiger partial charge in [-0.2, -0.15) is 0 Å². The van der Waals surface area contributed by atoms with Crippen LogP contribution in [0.3, 0.4) is 0 Å². The number of carbonyl (C=O) groups excluding carboxylic acids is 2. The minimum absolute atomic E-state index is 0.0745. The maximum absolute atomic E-state index is 12.3. The SMILES string of the molecule is COC(=O)C1C2CCC(CC(C)C)(CC2)C1C(=O)OC. The van der Waals surface area contributed by atoms with Crippen molar-refractivity contribution in [1.82, 2.24) is 0 Å². The van der Waals surface area contributed by atoms with Gasteiger partial charge in [0.05, 0.1) is 26.1 Å². The zero-order chi connectivity index (χ0) is 14.9. The van der Waals surface area contributed by atoms with Gasteiger partial charge in [0, 0.05) is 0 Å². The summed E-state index contributed by atoms with van der Waals surface area (Å²) in [7, 11) is 2.83. The van der Waals surface area contributed by atoms with Crippen molar-refractivity contribution >= 4 is 11.9 Å². The zero-order valence-corrected chi connectivity index (χ0v) is 13.0. The molecule has 0 amide bonds. The van der Waals surface area contributed by atoms with Crippen molar-refractivity contribution in [2.24, 2.45) is 29.1 Å². The highest BCUT2D eigenvalue weighted by atomic mass is 16.5. The van der Waals surface area contributed by atoms with E-state index in [1.165, 1.54) is 14.2 Å². The van der Waals surface area contributed by atoms with Crippen LogP contribution in [0.4, 0.5) is 0 Å². The lowest BCUT2D eigenvalue weighted by atomic mass is 9.48. The van der Waals surface area contributed by atoms with E-state index in [1.807, 2.05) is 0 Å². The van der Waals surface area contributed by atoms with Crippen LogP contribution in [0.2, 0.25) is 0 Å². The molecular weight excluding hydrogens is 256 g/mol. The molecule has 0 N–H and O–H groups in total. The molecule has 114 valence electrons. The van der Waals surface area contributed by atoms with Crippen LogP contribution in [0.25, 0.3) is 0 Å². The first kappa shape index (κ1) is 15.3. The van der Waals surface area contributed by atoms with Gasteiger partial charge in [-0.25, -0.2) is 0 Å². The largest absolute Gasteiger partial charge is 0.469 e. The van der Waals surface area contributed by atoms with Gasteiger partial charge >= 0.3 is 11.9 Å². The Bertz CT molecular complexity index is 380. The Morgan fingerprint density at radius 3 is 2.10 bits per heavy atom. The maximum Gasteiger partial charge on any atom is 0.310 e. The summed E-state index contributed by atoms with van der Waals surface area (Å²) in [6, 6.07) is 0. The van der Waals surface area contributed by atoms with E-state index in [2.05, 4.69) is 13.8 Å². The molecular formula is C16H26O4. The maximum atomic E-state index is 12.3. The number of hydrogen-bond acceptors (Lipinski definition) is 4. The van der Waals surface area contributed by atoms with Crippen molar-refractivity contribution in [2.45, 2.75) is 46.0 Å². The van der Waals surface area contributed by atoms with Gasteiger partial charge in [0.15, 0.2) is 0 Å². The van der Waals surface area contributed by atoms with Crippen LogP contribution >= 0.6 is 0 Å². The molecule has 0 aliphatic heterocycles. The summed E-state index contributed by atoms with van der Waals surface area (Å²) in [4.78, 5) is 24.5. The summed E-state index contributed by atoms with van der Waals surface area (Å²) in [5.74, 6) is -0.317. The van der Waals surface area contributed by atoms with Crippen molar-refractivity contribution in [2.75, 3.05) is 14.2 Å². The molecule has 4 nitrogen and oxygen atoms in total. The molecule has 3 saturated carbocycles. The van der Waals surface area contributed by atoms with Crippen LogP contribution < -0.4 is 0 Å². The summed E-state index contributed by atoms with van der Waals surface area (Å²) < 4.78 is 10.00. The van der Waals surface area contributed by atoms with E-state index in [9.17, 15) is 9.59 Å². The van der Waals surface area contributed by atoms with Crippen molar-refractivity contribution in [3.63, 3.8) is 0 Å². The van der Waals surface area contributed by atoms with Crippen LogP contribution in [0, 0.1) is 29.1 Å². The fraction of sp³-hybridized carbons (Fsp3) is 0.875. The van der Waals surface area contributed by atoms with Crippen molar-refractivity contribution in [1.29, 1.82) is 0 Å². The normalized spacial score (nSPS) is 36.0. The van der Waals surface area contributed by atoms with Crippen LogP contribution in [-0.2, 0) is 19.1 Å². The summed E-state index contributed by atoms with van der Waals surface area (Å²) >= 11 is 0. The molecule has 0 aromatic heterocycles. The van der Waals surface area contributed by atoms with E-state index >= 15 is 0 Å². The smallest absolute Gasteiger partial charge is 0.310 e. The molecule has 2 bridgehead atoms. The first-order valence-corrected chi connectivity index (χ1v) is 7.61. The lowest BCUT2D eigenvalue weighted by Gasteiger charge is -2.55. The average molecular weight is 282 g/mol. The van der Waals surface area contributed by atoms with Crippen LogP contribution in [0.15, 0.2) is 0 Å². The molecule has 3 fully saturated rings. The van der Waals surface area contributed by atoms with Gasteiger partial charge in [0.2, 0.25) is 0 Å². The van der Waals surface area contributed by atoms with Crippen molar-refractivity contribution in [3.8, 4) is 0 Å². The van der Waals surface area contributed by atoms with Gasteiger partial charge in [-0.15, -0.1) is 0 Å². The Kier molecular flexibility index (Phi) is 4.40. The van der Waals surface area contributed by atoms with Crippen molar-refractivity contribution in [3.05, 3.63) is 0 Å². The number of rotatable bonds is 4. The van der Waals surface area contributed by atoms with Gasteiger partial charge in [-0.1, -0.05) is 13.8 Å². The Labute approximate surface area is 121 Å². The van der Waals surface area contributed by atoms with E-state index in [4.69, 9.17) is 9.47 Å². The average Bonchev–Trinajstić information content (AvgIpc) is 2.44. The topological polar surface area (TPSA) is 52.6 Å². The minimum Gasteiger partial charge on any atom is -0.469 e. The van der Waals surface area contributed by atoms with E-state index in [0.717, 1.165) is 32.1 Å². The Balaban J connectivity index is 2.38. The first-order chi connectivity index (χ1) is 9.45. The molecule has 3 aliphatic rings. The number of ether oxygens (including phenoxy) is 2. The van der Waals surface area contributed by atoms with Gasteiger partial charge < -0.3 is 9.47 Å². The molecule has 3 rings (SSSR count). The number of fused-ring (bicyclic) bond motifs is 3. The number of methoxy groups -OCH3 is 2. The standard InChI is InChI=1S/C16H26O4/c1-10(2)9-16-7-5-11(6-8-16)12(14(17)19-3)13(16)15(18)20-4/h10-13H,5-9H2,1-4H3. The van der Waals surface area contributed by atoms with Gasteiger partial charge in [-0.05, 0) is 49.4 Å². The second-order valence-corrected chi connectivity index (χ2v) is 6.85. The quantitative estimate of drug-likeness (QED) is 0.744. The highest BCUT2D eigenvalue weighted by molar-refractivity contribution is 5.83. The Morgan fingerprint density at radius 1 is 1.10 bits per heavy atom. The molecule has 20 heavy (non-hydrogen) atoms. The molecule has 4 heteroatoms. The molecule has 0 heterocycles.